The number of nitrogens with zero attached hydrogens (tertiary/aromatic N) is 4. The fourth-order valence-corrected chi connectivity index (χ4v) is 3.92. The highest BCUT2D eigenvalue weighted by atomic mass is 35.5. The summed E-state index contributed by atoms with van der Waals surface area (Å²) in [6.07, 6.45) is -3.70. The molecule has 1 fully saturated rings. The third-order valence-electron chi connectivity index (χ3n) is 5.47. The highest BCUT2D eigenvalue weighted by Gasteiger charge is 2.42. The molecule has 11 heteroatoms. The zero-order valence-electron chi connectivity index (χ0n) is 17.3. The highest BCUT2D eigenvalue weighted by Crippen LogP contribution is 2.33. The molecular weight excluding hydrogens is 462 g/mol. The molecule has 3 aromatic rings. The van der Waals surface area contributed by atoms with E-state index in [2.05, 4.69) is 20.5 Å². The van der Waals surface area contributed by atoms with Crippen LogP contribution in [0.3, 0.4) is 0 Å². The van der Waals surface area contributed by atoms with Gasteiger partial charge in [-0.2, -0.15) is 13.2 Å². The van der Waals surface area contributed by atoms with E-state index in [1.807, 2.05) is 24.3 Å². The Kier molecular flexibility index (Phi) is 6.66. The molecule has 1 N–H and O–H groups in total. The lowest BCUT2D eigenvalue weighted by molar-refractivity contribution is -0.143. The van der Waals surface area contributed by atoms with Gasteiger partial charge in [-0.1, -0.05) is 28.9 Å². The lowest BCUT2D eigenvalue weighted by Crippen LogP contribution is -2.44. The Hall–Kier alpha value is -2.98. The number of halogens is 5. The van der Waals surface area contributed by atoms with Gasteiger partial charge in [0.15, 0.2) is 11.4 Å². The molecule has 0 bridgehead atoms. The van der Waals surface area contributed by atoms with E-state index in [0.717, 1.165) is 36.4 Å². The topological polar surface area (TPSA) is 63.1 Å². The van der Waals surface area contributed by atoms with Crippen molar-refractivity contribution in [3.63, 3.8) is 0 Å². The van der Waals surface area contributed by atoms with Crippen molar-refractivity contribution < 1.29 is 22.4 Å². The first-order valence-corrected chi connectivity index (χ1v) is 10.6. The van der Waals surface area contributed by atoms with Crippen molar-refractivity contribution in [1.82, 2.24) is 25.2 Å². The summed E-state index contributed by atoms with van der Waals surface area (Å²) in [6, 6.07) is 11.5. The molecule has 33 heavy (non-hydrogen) atoms. The van der Waals surface area contributed by atoms with E-state index in [9.17, 15) is 22.4 Å². The van der Waals surface area contributed by atoms with E-state index in [4.69, 9.17) is 11.6 Å². The number of carbonyl (C=O) groups excluding carboxylic acids is 1. The molecular formula is C22H20ClF4N5O. The van der Waals surface area contributed by atoms with Crippen LogP contribution in [-0.2, 0) is 12.7 Å². The van der Waals surface area contributed by atoms with Gasteiger partial charge in [-0.05, 0) is 54.8 Å². The van der Waals surface area contributed by atoms with E-state index in [1.165, 1.54) is 0 Å². The molecule has 1 aromatic heterocycles. The van der Waals surface area contributed by atoms with Crippen LogP contribution in [0.4, 0.5) is 17.6 Å². The number of amides is 1. The van der Waals surface area contributed by atoms with Gasteiger partial charge in [0.05, 0.1) is 5.69 Å². The van der Waals surface area contributed by atoms with Gasteiger partial charge in [-0.3, -0.25) is 9.69 Å². The van der Waals surface area contributed by atoms with E-state index in [1.54, 1.807) is 0 Å². The fourth-order valence-electron chi connectivity index (χ4n) is 3.79. The molecule has 0 aliphatic carbocycles. The van der Waals surface area contributed by atoms with Gasteiger partial charge in [-0.15, -0.1) is 5.10 Å². The van der Waals surface area contributed by atoms with Crippen LogP contribution in [0.1, 0.15) is 34.6 Å². The number of piperidine rings is 1. The summed E-state index contributed by atoms with van der Waals surface area (Å²) in [5, 5.41) is 10.3. The Morgan fingerprint density at radius 1 is 1.06 bits per heavy atom. The largest absolute Gasteiger partial charge is 0.435 e. The summed E-state index contributed by atoms with van der Waals surface area (Å²) in [7, 11) is 0. The van der Waals surface area contributed by atoms with Gasteiger partial charge in [0.2, 0.25) is 0 Å². The first-order chi connectivity index (χ1) is 15.7. The van der Waals surface area contributed by atoms with Gasteiger partial charge in [0.25, 0.3) is 5.91 Å². The van der Waals surface area contributed by atoms with Gasteiger partial charge >= 0.3 is 6.18 Å². The average Bonchev–Trinajstić information content (AvgIpc) is 3.23. The van der Waals surface area contributed by atoms with Crippen molar-refractivity contribution in [3.8, 4) is 5.69 Å². The molecule has 1 aliphatic rings. The standard InChI is InChI=1S/C22H20ClF4N5O/c23-15-3-1-14(2-4-15)13-31-11-9-17(10-12-31)28-21(33)19-20(22(25,26)27)32(30-29-19)18-7-5-16(24)6-8-18/h1-8,17H,9-13H2,(H,28,33). The summed E-state index contributed by atoms with van der Waals surface area (Å²) < 4.78 is 54.9. The molecule has 4 rings (SSSR count). The van der Waals surface area contributed by atoms with E-state index in [0.29, 0.717) is 35.6 Å². The SMILES string of the molecule is O=C(NC1CCN(Cc2ccc(Cl)cc2)CC1)c1nnn(-c2ccc(F)cc2)c1C(F)(F)F. The third-order valence-corrected chi connectivity index (χ3v) is 5.72. The fraction of sp³-hybridized carbons (Fsp3) is 0.318. The summed E-state index contributed by atoms with van der Waals surface area (Å²) in [5.41, 5.74) is -1.05. The predicted molar refractivity (Wildman–Crippen MR) is 114 cm³/mol. The second-order valence-corrected chi connectivity index (χ2v) is 8.26. The number of alkyl halides is 3. The van der Waals surface area contributed by atoms with Crippen LogP contribution in [0.15, 0.2) is 48.5 Å². The number of aromatic nitrogens is 3. The second kappa shape index (κ2) is 9.48. The van der Waals surface area contributed by atoms with E-state index >= 15 is 0 Å². The van der Waals surface area contributed by atoms with E-state index in [-0.39, 0.29) is 11.7 Å². The highest BCUT2D eigenvalue weighted by molar-refractivity contribution is 6.30. The molecule has 0 radical (unpaired) electrons. The Balaban J connectivity index is 1.42. The number of rotatable bonds is 5. The molecule has 0 spiro atoms. The maximum Gasteiger partial charge on any atom is 0.435 e. The lowest BCUT2D eigenvalue weighted by Gasteiger charge is -2.32. The minimum atomic E-state index is -4.88. The maximum atomic E-state index is 13.8. The van der Waals surface area contributed by atoms with E-state index < -0.39 is 29.3 Å². The lowest BCUT2D eigenvalue weighted by atomic mass is 10.0. The van der Waals surface area contributed by atoms with Crippen molar-refractivity contribution in [2.45, 2.75) is 31.6 Å². The van der Waals surface area contributed by atoms with Crippen LogP contribution in [0.2, 0.25) is 5.02 Å². The zero-order valence-corrected chi connectivity index (χ0v) is 18.1. The molecule has 174 valence electrons. The third kappa shape index (κ3) is 5.51. The van der Waals surface area contributed by atoms with Crippen LogP contribution < -0.4 is 5.32 Å². The molecule has 1 saturated heterocycles. The van der Waals surface area contributed by atoms with Crippen molar-refractivity contribution >= 4 is 17.5 Å². The molecule has 0 atom stereocenters. The van der Waals surface area contributed by atoms with Crippen LogP contribution in [-0.4, -0.2) is 44.9 Å². The second-order valence-electron chi connectivity index (χ2n) is 7.82. The number of hydrogen-bond donors (Lipinski definition) is 1. The summed E-state index contributed by atoms with van der Waals surface area (Å²) in [5.74, 6) is -1.54. The van der Waals surface area contributed by atoms with Gasteiger partial charge < -0.3 is 5.32 Å². The summed E-state index contributed by atoms with van der Waals surface area (Å²) in [4.78, 5) is 14.9. The summed E-state index contributed by atoms with van der Waals surface area (Å²) >= 11 is 5.90. The molecule has 1 aliphatic heterocycles. The molecule has 2 aromatic carbocycles. The normalized spacial score (nSPS) is 15.5. The number of hydrogen-bond acceptors (Lipinski definition) is 4. The maximum absolute atomic E-state index is 13.8. The zero-order chi connectivity index (χ0) is 23.6. The van der Waals surface area contributed by atoms with Crippen LogP contribution in [0, 0.1) is 5.82 Å². The van der Waals surface area contributed by atoms with Crippen LogP contribution in [0.5, 0.6) is 0 Å². The van der Waals surface area contributed by atoms with Crippen molar-refractivity contribution in [2.24, 2.45) is 0 Å². The Morgan fingerprint density at radius 3 is 2.30 bits per heavy atom. The quantitative estimate of drug-likeness (QED) is 0.546. The predicted octanol–water partition coefficient (Wildman–Crippen LogP) is 4.47. The molecule has 0 saturated carbocycles. The van der Waals surface area contributed by atoms with Crippen molar-refractivity contribution in [2.75, 3.05) is 13.1 Å². The Bertz CT molecular complexity index is 1110. The van der Waals surface area contributed by atoms with Gasteiger partial charge in [0, 0.05) is 30.7 Å². The average molecular weight is 482 g/mol. The molecule has 0 unspecified atom stereocenters. The number of likely N-dealkylation sites (tertiary alicyclic amines) is 1. The molecule has 2 heterocycles. The number of benzene rings is 2. The molecule has 1 amide bonds. The summed E-state index contributed by atoms with van der Waals surface area (Å²) in [6.45, 7) is 2.09. The van der Waals surface area contributed by atoms with Crippen molar-refractivity contribution in [1.29, 1.82) is 0 Å². The Morgan fingerprint density at radius 2 is 1.70 bits per heavy atom. The van der Waals surface area contributed by atoms with Gasteiger partial charge in [-0.25, -0.2) is 9.07 Å². The Labute approximate surface area is 192 Å². The molecule has 6 nitrogen and oxygen atoms in total. The monoisotopic (exact) mass is 481 g/mol. The van der Waals surface area contributed by atoms with Crippen LogP contribution in [0.25, 0.3) is 5.69 Å². The minimum absolute atomic E-state index is 0.0502. The van der Waals surface area contributed by atoms with Crippen LogP contribution >= 0.6 is 11.6 Å². The smallest absolute Gasteiger partial charge is 0.348 e. The first kappa shape index (κ1) is 23.2. The number of carbonyl (C=O) groups is 1. The number of nitrogens with one attached hydrogen (secondary N) is 1. The first-order valence-electron chi connectivity index (χ1n) is 10.3. The van der Waals surface area contributed by atoms with Crippen molar-refractivity contribution in [3.05, 3.63) is 76.3 Å². The van der Waals surface area contributed by atoms with Gasteiger partial charge in [0.1, 0.15) is 5.82 Å². The minimum Gasteiger partial charge on any atom is -0.348 e.